The van der Waals surface area contributed by atoms with Crippen LogP contribution in [-0.2, 0) is 11.3 Å². The maximum absolute atomic E-state index is 12.1. The monoisotopic (exact) mass is 296 g/mol. The van der Waals surface area contributed by atoms with E-state index < -0.39 is 11.6 Å². The molecule has 1 atom stereocenters. The first-order valence-electron chi connectivity index (χ1n) is 6.24. The zero-order valence-electron chi connectivity index (χ0n) is 11.4. The minimum atomic E-state index is -0.589. The molecule has 108 valence electrons. The third kappa shape index (κ3) is 4.00. The largest absolute Gasteiger partial charge is 0.368 e. The average Bonchev–Trinajstić information content (AvgIpc) is 2.43. The van der Waals surface area contributed by atoms with Gasteiger partial charge < -0.3 is 10.6 Å². The summed E-state index contributed by atoms with van der Waals surface area (Å²) in [5, 5.41) is 9.50. The molecular weight excluding hydrogens is 280 g/mol. The number of rotatable bonds is 6. The van der Waals surface area contributed by atoms with E-state index in [2.05, 4.69) is 21.7 Å². The van der Waals surface area contributed by atoms with Crippen molar-refractivity contribution in [2.24, 2.45) is 0 Å². The van der Waals surface area contributed by atoms with Gasteiger partial charge in [0.1, 0.15) is 18.3 Å². The minimum Gasteiger partial charge on any atom is -0.368 e. The number of hydrogen-bond donors (Lipinski definition) is 2. The molecule has 0 aliphatic carbocycles. The summed E-state index contributed by atoms with van der Waals surface area (Å²) in [5.74, 6) is 2.12. The number of carbonyl (C=O) groups excluding carboxylic acids is 1. The van der Waals surface area contributed by atoms with Gasteiger partial charge in [-0.1, -0.05) is 24.4 Å². The van der Waals surface area contributed by atoms with Crippen LogP contribution in [0.2, 0.25) is 5.02 Å². The van der Waals surface area contributed by atoms with Crippen LogP contribution in [0, 0.1) is 12.3 Å². The number of aromatic nitrogens is 2. The van der Waals surface area contributed by atoms with Gasteiger partial charge in [0.25, 0.3) is 5.56 Å². The number of anilines is 1. The molecule has 7 heteroatoms. The van der Waals surface area contributed by atoms with Crippen LogP contribution >= 0.6 is 11.6 Å². The van der Waals surface area contributed by atoms with Crippen molar-refractivity contribution in [2.45, 2.75) is 32.9 Å². The Morgan fingerprint density at radius 1 is 1.65 bits per heavy atom. The summed E-state index contributed by atoms with van der Waals surface area (Å²) in [6.07, 6.45) is 7.31. The molecule has 1 unspecified atom stereocenters. The molecule has 0 fully saturated rings. The standard InChI is InChI=1S/C13H17ClN4O2/c1-4-6-15-12(19)9(3)17-11-10(14)8-16-18(7-5-2)13(11)20/h2,8-9,17H,4,6-7H2,1,3H3,(H,15,19). The number of amides is 1. The topological polar surface area (TPSA) is 76.0 Å². The lowest BCUT2D eigenvalue weighted by atomic mass is 10.3. The molecule has 0 spiro atoms. The SMILES string of the molecule is C#CCn1ncc(Cl)c(NC(C)C(=O)NCCC)c1=O. The van der Waals surface area contributed by atoms with Crippen molar-refractivity contribution in [3.05, 3.63) is 21.6 Å². The summed E-state index contributed by atoms with van der Waals surface area (Å²) < 4.78 is 1.10. The Bertz CT molecular complexity index is 577. The van der Waals surface area contributed by atoms with Gasteiger partial charge in [0.2, 0.25) is 5.91 Å². The van der Waals surface area contributed by atoms with E-state index in [-0.39, 0.29) is 23.2 Å². The Labute approximate surface area is 122 Å². The summed E-state index contributed by atoms with van der Waals surface area (Å²) in [6.45, 7) is 4.22. The van der Waals surface area contributed by atoms with Crippen molar-refractivity contribution in [1.82, 2.24) is 15.1 Å². The molecule has 0 saturated carbocycles. The summed E-state index contributed by atoms with van der Waals surface area (Å²) in [6, 6.07) is -0.589. The van der Waals surface area contributed by atoms with E-state index >= 15 is 0 Å². The van der Waals surface area contributed by atoms with E-state index in [9.17, 15) is 9.59 Å². The fourth-order valence-electron chi connectivity index (χ4n) is 1.48. The molecule has 0 saturated heterocycles. The molecule has 6 nitrogen and oxygen atoms in total. The molecule has 0 aromatic carbocycles. The Balaban J connectivity index is 2.92. The third-order valence-electron chi connectivity index (χ3n) is 2.54. The Hall–Kier alpha value is -2.00. The van der Waals surface area contributed by atoms with Gasteiger partial charge in [-0.25, -0.2) is 4.68 Å². The molecule has 1 aromatic heterocycles. The number of hydrogen-bond acceptors (Lipinski definition) is 4. The molecule has 20 heavy (non-hydrogen) atoms. The summed E-state index contributed by atoms with van der Waals surface area (Å²) in [5.41, 5.74) is -0.332. The Kier molecular flexibility index (Phi) is 6.07. The maximum atomic E-state index is 12.1. The van der Waals surface area contributed by atoms with E-state index in [1.165, 1.54) is 6.20 Å². The fraction of sp³-hybridized carbons (Fsp3) is 0.462. The van der Waals surface area contributed by atoms with Crippen molar-refractivity contribution < 1.29 is 4.79 Å². The smallest absolute Gasteiger partial charge is 0.292 e. The van der Waals surface area contributed by atoms with Crippen LogP contribution in [0.1, 0.15) is 20.3 Å². The van der Waals surface area contributed by atoms with Crippen molar-refractivity contribution in [2.75, 3.05) is 11.9 Å². The molecule has 0 aliphatic rings. The second-order valence-corrected chi connectivity index (χ2v) is 4.60. The third-order valence-corrected chi connectivity index (χ3v) is 2.83. The first-order valence-corrected chi connectivity index (χ1v) is 6.62. The molecule has 0 bridgehead atoms. The van der Waals surface area contributed by atoms with Crippen molar-refractivity contribution >= 4 is 23.2 Å². The molecule has 1 rings (SSSR count). The van der Waals surface area contributed by atoms with Crippen LogP contribution in [0.4, 0.5) is 5.69 Å². The Morgan fingerprint density at radius 3 is 2.95 bits per heavy atom. The molecule has 1 heterocycles. The zero-order chi connectivity index (χ0) is 15.1. The molecular formula is C13H17ClN4O2. The average molecular weight is 297 g/mol. The highest BCUT2D eigenvalue weighted by atomic mass is 35.5. The van der Waals surface area contributed by atoms with Crippen LogP contribution in [0.5, 0.6) is 0 Å². The molecule has 0 aliphatic heterocycles. The predicted octanol–water partition coefficient (Wildman–Crippen LogP) is 0.856. The first kappa shape index (κ1) is 16.1. The highest BCUT2D eigenvalue weighted by Crippen LogP contribution is 2.15. The van der Waals surface area contributed by atoms with Gasteiger partial charge in [-0.3, -0.25) is 9.59 Å². The number of terminal acetylenes is 1. The van der Waals surface area contributed by atoms with Gasteiger partial charge in [0.05, 0.1) is 11.2 Å². The molecule has 2 N–H and O–H groups in total. The summed E-state index contributed by atoms with van der Waals surface area (Å²) in [4.78, 5) is 23.8. The van der Waals surface area contributed by atoms with E-state index in [1.54, 1.807) is 6.92 Å². The van der Waals surface area contributed by atoms with Crippen LogP contribution < -0.4 is 16.2 Å². The van der Waals surface area contributed by atoms with Crippen molar-refractivity contribution in [3.8, 4) is 12.3 Å². The summed E-state index contributed by atoms with van der Waals surface area (Å²) >= 11 is 5.93. The normalized spacial score (nSPS) is 11.5. The molecule has 1 aromatic rings. The van der Waals surface area contributed by atoms with Gasteiger partial charge in [0, 0.05) is 6.54 Å². The fourth-order valence-corrected chi connectivity index (χ4v) is 1.66. The lowest BCUT2D eigenvalue weighted by Crippen LogP contribution is -2.39. The highest BCUT2D eigenvalue weighted by molar-refractivity contribution is 6.33. The zero-order valence-corrected chi connectivity index (χ0v) is 12.2. The summed E-state index contributed by atoms with van der Waals surface area (Å²) in [7, 11) is 0. The first-order chi connectivity index (χ1) is 9.51. The second kappa shape index (κ2) is 7.56. The highest BCUT2D eigenvalue weighted by Gasteiger charge is 2.17. The second-order valence-electron chi connectivity index (χ2n) is 4.19. The van der Waals surface area contributed by atoms with E-state index in [0.29, 0.717) is 6.54 Å². The quantitative estimate of drug-likeness (QED) is 0.763. The van der Waals surface area contributed by atoms with E-state index in [0.717, 1.165) is 11.1 Å². The number of nitrogens with zero attached hydrogens (tertiary/aromatic N) is 2. The van der Waals surface area contributed by atoms with Crippen LogP contribution in [-0.4, -0.2) is 28.3 Å². The van der Waals surface area contributed by atoms with Crippen LogP contribution in [0.25, 0.3) is 0 Å². The van der Waals surface area contributed by atoms with Gasteiger partial charge in [-0.2, -0.15) is 5.10 Å². The molecule has 0 radical (unpaired) electrons. The Morgan fingerprint density at radius 2 is 2.35 bits per heavy atom. The lowest BCUT2D eigenvalue weighted by molar-refractivity contribution is -0.121. The van der Waals surface area contributed by atoms with E-state index in [4.69, 9.17) is 18.0 Å². The molecule has 1 amide bonds. The van der Waals surface area contributed by atoms with Gasteiger partial charge >= 0.3 is 0 Å². The number of carbonyl (C=O) groups is 1. The number of halogens is 1. The maximum Gasteiger partial charge on any atom is 0.292 e. The predicted molar refractivity (Wildman–Crippen MR) is 78.7 cm³/mol. The van der Waals surface area contributed by atoms with Gasteiger partial charge in [0.15, 0.2) is 0 Å². The van der Waals surface area contributed by atoms with Gasteiger partial charge in [-0.15, -0.1) is 6.42 Å². The van der Waals surface area contributed by atoms with Crippen molar-refractivity contribution in [3.63, 3.8) is 0 Å². The van der Waals surface area contributed by atoms with Gasteiger partial charge in [-0.05, 0) is 13.3 Å². The minimum absolute atomic E-state index is 0.0428. The number of nitrogens with one attached hydrogen (secondary N) is 2. The van der Waals surface area contributed by atoms with Crippen molar-refractivity contribution in [1.29, 1.82) is 0 Å². The lowest BCUT2D eigenvalue weighted by Gasteiger charge is -2.15. The van der Waals surface area contributed by atoms with Crippen LogP contribution in [0.3, 0.4) is 0 Å². The van der Waals surface area contributed by atoms with Crippen LogP contribution in [0.15, 0.2) is 11.0 Å². The van der Waals surface area contributed by atoms with E-state index in [1.807, 2.05) is 6.92 Å².